The fraction of sp³-hybridized carbons (Fsp3) is 0.364. The van der Waals surface area contributed by atoms with Crippen molar-refractivity contribution in [1.82, 2.24) is 10.6 Å². The summed E-state index contributed by atoms with van der Waals surface area (Å²) in [6.07, 6.45) is 0.822. The number of nitrogens with one attached hydrogen (secondary N) is 3. The molecule has 0 aliphatic rings. The van der Waals surface area contributed by atoms with Crippen LogP contribution in [0.15, 0.2) is 47.5 Å². The summed E-state index contributed by atoms with van der Waals surface area (Å²) < 4.78 is 10.6. The van der Waals surface area contributed by atoms with Crippen molar-refractivity contribution in [2.24, 2.45) is 4.99 Å². The first-order valence-corrected chi connectivity index (χ1v) is 9.65. The molecule has 0 fully saturated rings. The molecule has 0 saturated carbocycles. The fourth-order valence-electron chi connectivity index (χ4n) is 2.82. The van der Waals surface area contributed by atoms with Gasteiger partial charge in [-0.15, -0.1) is 0 Å². The van der Waals surface area contributed by atoms with Crippen LogP contribution in [0.1, 0.15) is 25.0 Å². The van der Waals surface area contributed by atoms with Gasteiger partial charge in [-0.1, -0.05) is 18.2 Å². The van der Waals surface area contributed by atoms with Gasteiger partial charge in [0.05, 0.1) is 20.8 Å². The Kier molecular flexibility index (Phi) is 8.82. The molecular weight excluding hydrogens is 368 g/mol. The maximum atomic E-state index is 11.2. The summed E-state index contributed by atoms with van der Waals surface area (Å²) in [5, 5.41) is 9.39. The van der Waals surface area contributed by atoms with Gasteiger partial charge < -0.3 is 25.4 Å². The summed E-state index contributed by atoms with van der Waals surface area (Å²) in [5.74, 6) is 2.11. The van der Waals surface area contributed by atoms with E-state index >= 15 is 0 Å². The number of amides is 1. The van der Waals surface area contributed by atoms with Gasteiger partial charge in [-0.25, -0.2) is 4.99 Å². The van der Waals surface area contributed by atoms with Crippen LogP contribution in [0.25, 0.3) is 0 Å². The Morgan fingerprint density at radius 3 is 2.48 bits per heavy atom. The predicted octanol–water partition coefficient (Wildman–Crippen LogP) is 2.96. The highest BCUT2D eigenvalue weighted by Gasteiger charge is 2.05. The molecule has 0 saturated heterocycles. The van der Waals surface area contributed by atoms with Crippen molar-refractivity contribution < 1.29 is 14.3 Å². The second-order valence-electron chi connectivity index (χ2n) is 6.44. The number of hydrogen-bond donors (Lipinski definition) is 3. The minimum atomic E-state index is -0.0872. The number of hydrogen-bond acceptors (Lipinski definition) is 4. The summed E-state index contributed by atoms with van der Waals surface area (Å²) in [7, 11) is 3.26. The summed E-state index contributed by atoms with van der Waals surface area (Å²) in [4.78, 5) is 15.8. The van der Waals surface area contributed by atoms with Gasteiger partial charge in [0.15, 0.2) is 17.5 Å². The van der Waals surface area contributed by atoms with Crippen molar-refractivity contribution in [3.05, 3.63) is 53.6 Å². The lowest BCUT2D eigenvalue weighted by Gasteiger charge is -2.13. The third-order valence-corrected chi connectivity index (χ3v) is 4.17. The molecule has 2 aromatic rings. The van der Waals surface area contributed by atoms with Gasteiger partial charge in [-0.2, -0.15) is 0 Å². The first-order valence-electron chi connectivity index (χ1n) is 9.65. The zero-order valence-electron chi connectivity index (χ0n) is 17.5. The molecular formula is C22H30N4O3. The summed E-state index contributed by atoms with van der Waals surface area (Å²) in [5.41, 5.74) is 2.94. The molecule has 156 valence electrons. The summed E-state index contributed by atoms with van der Waals surface area (Å²) in [6, 6.07) is 13.6. The number of guanidine groups is 1. The first kappa shape index (κ1) is 22.1. The molecule has 0 unspecified atom stereocenters. The summed E-state index contributed by atoms with van der Waals surface area (Å²) in [6.45, 7) is 5.54. The van der Waals surface area contributed by atoms with E-state index in [0.717, 1.165) is 53.8 Å². The third kappa shape index (κ3) is 7.37. The standard InChI is InChI=1S/C22H30N4O3/c1-5-23-22(25-15-18-7-6-8-19(13-18)26-16(2)27)24-12-11-17-9-10-20(28-3)21(14-17)29-4/h6-10,13-14H,5,11-12,15H2,1-4H3,(H,26,27)(H2,23,24,25). The number of rotatable bonds is 9. The fourth-order valence-corrected chi connectivity index (χ4v) is 2.82. The molecule has 7 heteroatoms. The minimum Gasteiger partial charge on any atom is -0.493 e. The van der Waals surface area contributed by atoms with E-state index in [1.54, 1.807) is 14.2 Å². The van der Waals surface area contributed by atoms with Gasteiger partial charge in [0.2, 0.25) is 5.91 Å². The largest absolute Gasteiger partial charge is 0.493 e. The van der Waals surface area contributed by atoms with E-state index in [9.17, 15) is 4.79 Å². The van der Waals surface area contributed by atoms with E-state index in [1.165, 1.54) is 6.92 Å². The normalized spacial score (nSPS) is 11.0. The lowest BCUT2D eigenvalue weighted by molar-refractivity contribution is -0.114. The topological polar surface area (TPSA) is 84.0 Å². The summed E-state index contributed by atoms with van der Waals surface area (Å²) >= 11 is 0. The number of anilines is 1. The van der Waals surface area contributed by atoms with E-state index in [1.807, 2.05) is 49.4 Å². The van der Waals surface area contributed by atoms with E-state index in [4.69, 9.17) is 9.47 Å². The van der Waals surface area contributed by atoms with Gasteiger partial charge in [0.25, 0.3) is 0 Å². The van der Waals surface area contributed by atoms with Gasteiger partial charge in [-0.3, -0.25) is 4.79 Å². The smallest absolute Gasteiger partial charge is 0.221 e. The third-order valence-electron chi connectivity index (χ3n) is 4.17. The second kappa shape index (κ2) is 11.6. The number of aliphatic imine (C=N–C) groups is 1. The quantitative estimate of drug-likeness (QED) is 0.447. The Morgan fingerprint density at radius 2 is 1.79 bits per heavy atom. The van der Waals surface area contributed by atoms with Gasteiger partial charge in [0, 0.05) is 25.7 Å². The molecule has 29 heavy (non-hydrogen) atoms. The maximum Gasteiger partial charge on any atom is 0.221 e. The highest BCUT2D eigenvalue weighted by molar-refractivity contribution is 5.88. The van der Waals surface area contributed by atoms with Crippen LogP contribution in [-0.2, 0) is 17.8 Å². The van der Waals surface area contributed by atoms with Crippen LogP contribution in [0.5, 0.6) is 11.5 Å². The Hall–Kier alpha value is -3.22. The maximum absolute atomic E-state index is 11.2. The van der Waals surface area contributed by atoms with Gasteiger partial charge in [-0.05, 0) is 48.7 Å². The molecule has 1 amide bonds. The molecule has 0 aliphatic heterocycles. The number of ether oxygens (including phenoxy) is 2. The molecule has 0 atom stereocenters. The number of nitrogens with zero attached hydrogens (tertiary/aromatic N) is 1. The van der Waals surface area contributed by atoms with Crippen molar-refractivity contribution in [2.45, 2.75) is 26.8 Å². The zero-order valence-corrected chi connectivity index (χ0v) is 17.5. The van der Waals surface area contributed by atoms with Crippen LogP contribution >= 0.6 is 0 Å². The highest BCUT2D eigenvalue weighted by atomic mass is 16.5. The number of carbonyl (C=O) groups is 1. The Balaban J connectivity index is 1.95. The van der Waals surface area contributed by atoms with Gasteiger partial charge in [0.1, 0.15) is 0 Å². The average Bonchev–Trinajstić information content (AvgIpc) is 2.71. The molecule has 0 spiro atoms. The van der Waals surface area contributed by atoms with Crippen LogP contribution in [-0.4, -0.2) is 39.2 Å². The lowest BCUT2D eigenvalue weighted by atomic mass is 10.1. The van der Waals surface area contributed by atoms with E-state index < -0.39 is 0 Å². The molecule has 0 bridgehead atoms. The van der Waals surface area contributed by atoms with Crippen LogP contribution in [0.4, 0.5) is 5.69 Å². The van der Waals surface area contributed by atoms with Crippen molar-refractivity contribution in [1.29, 1.82) is 0 Å². The lowest BCUT2D eigenvalue weighted by Crippen LogP contribution is -2.38. The molecule has 0 heterocycles. The van der Waals surface area contributed by atoms with Crippen molar-refractivity contribution in [3.8, 4) is 11.5 Å². The number of carbonyl (C=O) groups excluding carboxylic acids is 1. The monoisotopic (exact) mass is 398 g/mol. The zero-order chi connectivity index (χ0) is 21.1. The first-order chi connectivity index (χ1) is 14.0. The van der Waals surface area contributed by atoms with Crippen LogP contribution in [0, 0.1) is 0 Å². The Bertz CT molecular complexity index is 837. The average molecular weight is 399 g/mol. The minimum absolute atomic E-state index is 0.0872. The Labute approximate surface area is 172 Å². The van der Waals surface area contributed by atoms with Crippen molar-refractivity contribution >= 4 is 17.6 Å². The van der Waals surface area contributed by atoms with Crippen LogP contribution in [0.3, 0.4) is 0 Å². The van der Waals surface area contributed by atoms with Crippen molar-refractivity contribution in [3.63, 3.8) is 0 Å². The molecule has 0 aliphatic carbocycles. The Morgan fingerprint density at radius 1 is 1.00 bits per heavy atom. The highest BCUT2D eigenvalue weighted by Crippen LogP contribution is 2.27. The van der Waals surface area contributed by atoms with Crippen molar-refractivity contribution in [2.75, 3.05) is 32.6 Å². The molecule has 2 rings (SSSR count). The SMILES string of the molecule is CCNC(=NCc1cccc(NC(C)=O)c1)NCCc1ccc(OC)c(OC)c1. The molecule has 3 N–H and O–H groups in total. The number of methoxy groups -OCH3 is 2. The number of benzene rings is 2. The van der Waals surface area contributed by atoms with E-state index in [-0.39, 0.29) is 5.91 Å². The van der Waals surface area contributed by atoms with Crippen LogP contribution < -0.4 is 25.4 Å². The molecule has 2 aromatic carbocycles. The predicted molar refractivity (Wildman–Crippen MR) is 117 cm³/mol. The molecule has 0 radical (unpaired) electrons. The van der Waals surface area contributed by atoms with Crippen LogP contribution in [0.2, 0.25) is 0 Å². The molecule has 7 nitrogen and oxygen atoms in total. The van der Waals surface area contributed by atoms with E-state index in [2.05, 4.69) is 20.9 Å². The molecule has 0 aromatic heterocycles. The second-order valence-corrected chi connectivity index (χ2v) is 6.44. The van der Waals surface area contributed by atoms with Gasteiger partial charge >= 0.3 is 0 Å². The van der Waals surface area contributed by atoms with E-state index in [0.29, 0.717) is 6.54 Å².